The van der Waals surface area contributed by atoms with E-state index in [1.54, 1.807) is 0 Å². The largest absolute Gasteiger partial charge is 0.408 e. The molecule has 0 radical (unpaired) electrons. The summed E-state index contributed by atoms with van der Waals surface area (Å²) in [6.07, 6.45) is -2.14. The number of carbonyl (C=O) groups is 1. The molecule has 0 spiro atoms. The predicted octanol–water partition coefficient (Wildman–Crippen LogP) is 1.42. The van der Waals surface area contributed by atoms with E-state index in [-0.39, 0.29) is 18.7 Å². The van der Waals surface area contributed by atoms with Crippen molar-refractivity contribution in [2.45, 2.75) is 37.9 Å². The van der Waals surface area contributed by atoms with Gasteiger partial charge >= 0.3 is 17.9 Å². The summed E-state index contributed by atoms with van der Waals surface area (Å²) in [5, 5.41) is 2.21. The maximum atomic E-state index is 13.2. The van der Waals surface area contributed by atoms with Crippen LogP contribution in [0.15, 0.2) is 15.8 Å². The molecule has 0 aromatic carbocycles. The summed E-state index contributed by atoms with van der Waals surface area (Å²) in [6, 6.07) is -2.87. The molecule has 1 N–H and O–H groups in total. The molecule has 2 rings (SSSR count). The van der Waals surface area contributed by atoms with Crippen LogP contribution in [0.1, 0.15) is 25.7 Å². The number of urea groups is 1. The number of amides is 2. The minimum Gasteiger partial charge on any atom is -0.312 e. The Kier molecular flexibility index (Phi) is 5.05. The van der Waals surface area contributed by atoms with Gasteiger partial charge in [-0.1, -0.05) is 12.8 Å². The number of aromatic nitrogens is 2. The van der Waals surface area contributed by atoms with Crippen molar-refractivity contribution in [3.05, 3.63) is 27.0 Å². The summed E-state index contributed by atoms with van der Waals surface area (Å²) in [6.45, 7) is -0.0396. The lowest BCUT2D eigenvalue weighted by atomic mass is 10.1. The van der Waals surface area contributed by atoms with Crippen LogP contribution >= 0.6 is 0 Å². The topological polar surface area (TPSA) is 76.3 Å². The second-order valence-corrected chi connectivity index (χ2v) is 5.83. The van der Waals surface area contributed by atoms with Crippen LogP contribution in [0.4, 0.5) is 23.7 Å². The Morgan fingerprint density at radius 1 is 1.21 bits per heavy atom. The summed E-state index contributed by atoms with van der Waals surface area (Å²) >= 11 is 0. The second-order valence-electron chi connectivity index (χ2n) is 5.83. The van der Waals surface area contributed by atoms with E-state index in [1.807, 2.05) is 0 Å². The second kappa shape index (κ2) is 6.70. The first-order chi connectivity index (χ1) is 11.1. The van der Waals surface area contributed by atoms with Gasteiger partial charge < -0.3 is 14.8 Å². The van der Waals surface area contributed by atoms with E-state index in [4.69, 9.17) is 0 Å². The van der Waals surface area contributed by atoms with Crippen molar-refractivity contribution in [3.8, 4) is 0 Å². The van der Waals surface area contributed by atoms with Gasteiger partial charge in [0.15, 0.2) is 0 Å². The monoisotopic (exact) mass is 348 g/mol. The molecule has 7 nitrogen and oxygen atoms in total. The van der Waals surface area contributed by atoms with E-state index >= 15 is 0 Å². The van der Waals surface area contributed by atoms with Gasteiger partial charge in [-0.3, -0.25) is 9.36 Å². The van der Waals surface area contributed by atoms with Crippen molar-refractivity contribution in [1.29, 1.82) is 0 Å². The normalized spacial score (nSPS) is 19.0. The molecular formula is C14H19F3N4O3. The highest BCUT2D eigenvalue weighted by atomic mass is 19.4. The van der Waals surface area contributed by atoms with Crippen LogP contribution in [0.25, 0.3) is 0 Å². The van der Waals surface area contributed by atoms with E-state index in [2.05, 4.69) is 5.32 Å². The average Bonchev–Trinajstić information content (AvgIpc) is 2.76. The number of hydrogen-bond donors (Lipinski definition) is 1. The fourth-order valence-electron chi connectivity index (χ4n) is 2.77. The van der Waals surface area contributed by atoms with Gasteiger partial charge in [0.05, 0.1) is 0 Å². The minimum absolute atomic E-state index is 0.0396. The molecule has 1 aromatic heterocycles. The molecule has 1 unspecified atom stereocenters. The molecule has 1 saturated heterocycles. The number of nitrogens with one attached hydrogen (secondary N) is 1. The van der Waals surface area contributed by atoms with Crippen molar-refractivity contribution in [1.82, 2.24) is 14.0 Å². The summed E-state index contributed by atoms with van der Waals surface area (Å²) in [5.41, 5.74) is -1.61. The van der Waals surface area contributed by atoms with Crippen molar-refractivity contribution >= 4 is 11.7 Å². The lowest BCUT2D eigenvalue weighted by molar-refractivity contribution is -0.175. The molecule has 1 atom stereocenters. The van der Waals surface area contributed by atoms with Crippen molar-refractivity contribution in [2.24, 2.45) is 14.1 Å². The van der Waals surface area contributed by atoms with Crippen LogP contribution in [0, 0.1) is 0 Å². The number of alkyl halides is 3. The Labute approximate surface area is 135 Å². The highest BCUT2D eigenvalue weighted by Crippen LogP contribution is 2.31. The summed E-state index contributed by atoms with van der Waals surface area (Å²) in [4.78, 5) is 36.6. The molecule has 10 heteroatoms. The zero-order valence-electron chi connectivity index (χ0n) is 13.4. The number of aryl methyl sites for hydroxylation is 1. The molecule has 1 fully saturated rings. The Hall–Kier alpha value is -2.26. The van der Waals surface area contributed by atoms with Gasteiger partial charge in [0.25, 0.3) is 5.56 Å². The predicted molar refractivity (Wildman–Crippen MR) is 81.0 cm³/mol. The SMILES string of the molecule is Cn1cc(NC(=O)N2CCCCCC2C(F)(F)F)c(=O)n(C)c1=O. The number of rotatable bonds is 1. The first kappa shape index (κ1) is 18.1. The first-order valence-electron chi connectivity index (χ1n) is 7.54. The summed E-state index contributed by atoms with van der Waals surface area (Å²) in [7, 11) is 2.60. The quantitative estimate of drug-likeness (QED) is 0.834. The number of likely N-dealkylation sites (tertiary alicyclic amines) is 1. The fraction of sp³-hybridized carbons (Fsp3) is 0.643. The zero-order valence-corrected chi connectivity index (χ0v) is 13.4. The molecule has 0 aliphatic carbocycles. The molecule has 0 bridgehead atoms. The Bertz CT molecular complexity index is 738. The van der Waals surface area contributed by atoms with Gasteiger partial charge in [-0.15, -0.1) is 0 Å². The number of hydrogen-bond acceptors (Lipinski definition) is 3. The summed E-state index contributed by atoms with van der Waals surface area (Å²) in [5.74, 6) is 0. The van der Waals surface area contributed by atoms with Crippen LogP contribution in [0.3, 0.4) is 0 Å². The van der Waals surface area contributed by atoms with Crippen molar-refractivity contribution in [3.63, 3.8) is 0 Å². The minimum atomic E-state index is -4.53. The van der Waals surface area contributed by atoms with Gasteiger partial charge in [-0.05, 0) is 12.8 Å². The maximum absolute atomic E-state index is 13.2. The van der Waals surface area contributed by atoms with Gasteiger partial charge in [-0.25, -0.2) is 9.59 Å². The Balaban J connectivity index is 2.31. The van der Waals surface area contributed by atoms with Crippen LogP contribution in [-0.2, 0) is 14.1 Å². The van der Waals surface area contributed by atoms with Gasteiger partial charge in [0.1, 0.15) is 11.7 Å². The third-order valence-corrected chi connectivity index (χ3v) is 4.08. The van der Waals surface area contributed by atoms with Crippen molar-refractivity contribution < 1.29 is 18.0 Å². The average molecular weight is 348 g/mol. The molecule has 24 heavy (non-hydrogen) atoms. The lowest BCUT2D eigenvalue weighted by Crippen LogP contribution is -2.50. The fourth-order valence-corrected chi connectivity index (χ4v) is 2.77. The summed E-state index contributed by atoms with van der Waals surface area (Å²) < 4.78 is 41.4. The maximum Gasteiger partial charge on any atom is 0.408 e. The standard InChI is InChI=1S/C14H19F3N4O3/c1-19-8-9(11(22)20(2)13(19)24)18-12(23)21-7-5-3-4-6-10(21)14(15,16)17/h8,10H,3-7H2,1-2H3,(H,18,23). The lowest BCUT2D eigenvalue weighted by Gasteiger charge is -2.31. The van der Waals surface area contributed by atoms with Crippen LogP contribution in [0.5, 0.6) is 0 Å². The van der Waals surface area contributed by atoms with Crippen LogP contribution < -0.4 is 16.6 Å². The van der Waals surface area contributed by atoms with Gasteiger partial charge in [-0.2, -0.15) is 13.2 Å². The van der Waals surface area contributed by atoms with Crippen LogP contribution in [-0.4, -0.2) is 38.8 Å². The molecule has 134 valence electrons. The third kappa shape index (κ3) is 3.62. The Morgan fingerprint density at radius 3 is 2.50 bits per heavy atom. The number of anilines is 1. The molecule has 2 heterocycles. The molecule has 1 aliphatic rings. The van der Waals surface area contributed by atoms with Crippen molar-refractivity contribution in [2.75, 3.05) is 11.9 Å². The Morgan fingerprint density at radius 2 is 1.88 bits per heavy atom. The molecule has 1 aromatic rings. The van der Waals surface area contributed by atoms with Gasteiger partial charge in [0.2, 0.25) is 0 Å². The number of nitrogens with zero attached hydrogens (tertiary/aromatic N) is 3. The van der Waals surface area contributed by atoms with E-state index in [1.165, 1.54) is 14.1 Å². The number of halogens is 3. The van der Waals surface area contributed by atoms with Gasteiger partial charge in [0, 0.05) is 26.8 Å². The molecule has 0 saturated carbocycles. The van der Waals surface area contributed by atoms with E-state index < -0.39 is 29.5 Å². The molecular weight excluding hydrogens is 329 g/mol. The highest BCUT2D eigenvalue weighted by Gasteiger charge is 2.45. The van der Waals surface area contributed by atoms with E-state index in [0.717, 1.165) is 20.2 Å². The van der Waals surface area contributed by atoms with E-state index in [0.29, 0.717) is 19.3 Å². The molecule has 1 aliphatic heterocycles. The third-order valence-electron chi connectivity index (χ3n) is 4.08. The number of carbonyl (C=O) groups excluding carboxylic acids is 1. The first-order valence-corrected chi connectivity index (χ1v) is 7.54. The molecule has 2 amide bonds. The van der Waals surface area contributed by atoms with Crippen LogP contribution in [0.2, 0.25) is 0 Å². The zero-order chi connectivity index (χ0) is 18.1. The van der Waals surface area contributed by atoms with E-state index in [9.17, 15) is 27.6 Å². The highest BCUT2D eigenvalue weighted by molar-refractivity contribution is 5.89. The smallest absolute Gasteiger partial charge is 0.312 e.